The van der Waals surface area contributed by atoms with Gasteiger partial charge in [0.05, 0.1) is 37.3 Å². The number of phosphoric ester groups is 2. The Morgan fingerprint density at radius 1 is 1.17 bits per heavy atom. The molecule has 1 saturated heterocycles. The van der Waals surface area contributed by atoms with Crippen LogP contribution in [0.1, 0.15) is 0 Å². The predicted octanol–water partition coefficient (Wildman–Crippen LogP) is -3.78. The third-order valence-electron chi connectivity index (χ3n) is 4.63. The van der Waals surface area contributed by atoms with Gasteiger partial charge >= 0.3 is 21.3 Å². The molecule has 2 heterocycles. The lowest BCUT2D eigenvalue weighted by molar-refractivity contribution is -0.241. The van der Waals surface area contributed by atoms with Gasteiger partial charge in [-0.2, -0.15) is 16.9 Å². The van der Waals surface area contributed by atoms with Crippen molar-refractivity contribution in [3.63, 3.8) is 0 Å². The third kappa shape index (κ3) is 8.80. The molecule has 0 aliphatic carbocycles. The van der Waals surface area contributed by atoms with Crippen LogP contribution < -0.4 is 11.2 Å². The molecule has 1 fully saturated rings. The monoisotopic (exact) mass is 584 g/mol. The molecule has 18 nitrogen and oxygen atoms in total. The van der Waals surface area contributed by atoms with E-state index in [9.17, 15) is 48.9 Å². The number of aromatic amines is 1. The number of H-pyrrole nitrogens is 1. The van der Waals surface area contributed by atoms with Gasteiger partial charge in [0, 0.05) is 12.3 Å². The summed E-state index contributed by atoms with van der Waals surface area (Å²) in [7, 11) is -11.0. The van der Waals surface area contributed by atoms with Gasteiger partial charge in [-0.05, 0) is 0 Å². The summed E-state index contributed by atoms with van der Waals surface area (Å²) < 4.78 is 48.5. The van der Waals surface area contributed by atoms with Crippen LogP contribution in [0.3, 0.4) is 0 Å². The van der Waals surface area contributed by atoms with Gasteiger partial charge in [0.2, 0.25) is 0 Å². The first-order valence-corrected chi connectivity index (χ1v) is 13.4. The Morgan fingerprint density at radius 3 is 2.42 bits per heavy atom. The van der Waals surface area contributed by atoms with Gasteiger partial charge < -0.3 is 44.8 Å². The number of thiol groups is 1. The number of aromatic nitrogens is 2. The second-order valence-electron chi connectivity index (χ2n) is 7.28. The molecule has 36 heavy (non-hydrogen) atoms. The fourth-order valence-corrected chi connectivity index (χ4v) is 5.24. The van der Waals surface area contributed by atoms with E-state index in [1.54, 1.807) is 0 Å². The SMILES string of the molecule is O=c1ccn(CO[C@H](COP(=O)(O)OP(=O)(O)O[C@H]2OC(CO)[C@@H](S)C(O)C2O)C(O)CO)c(=O)[nH]1. The summed E-state index contributed by atoms with van der Waals surface area (Å²) in [4.78, 5) is 44.3. The largest absolute Gasteiger partial charge is 0.483 e. The van der Waals surface area contributed by atoms with Gasteiger partial charge in [-0.3, -0.25) is 23.4 Å². The van der Waals surface area contributed by atoms with E-state index in [0.29, 0.717) is 0 Å². The highest BCUT2D eigenvalue weighted by molar-refractivity contribution is 7.81. The Balaban J connectivity index is 2.01. The standard InChI is InChI=1S/C15H26N2O16P2S/c18-3-7(20)9(29-6-17-2-1-10(21)16-15(17)24)5-30-34(25,26)33-35(27,28)32-14-12(23)11(22)13(36)8(4-19)31-14/h1-2,7-9,11-14,18-20,22-23,36H,3-6H2,(H,25,26)(H,27,28)(H,16,21,24)/t7?,8?,9-,11?,12?,13-,14-/m1/s1. The zero-order chi connectivity index (χ0) is 27.3. The number of aliphatic hydroxyl groups is 5. The summed E-state index contributed by atoms with van der Waals surface area (Å²) >= 11 is 3.93. The average molecular weight is 584 g/mol. The van der Waals surface area contributed by atoms with Crippen LogP contribution >= 0.6 is 28.3 Å². The van der Waals surface area contributed by atoms with Crippen molar-refractivity contribution in [1.29, 1.82) is 0 Å². The van der Waals surface area contributed by atoms with Crippen LogP contribution in [0.4, 0.5) is 0 Å². The highest BCUT2D eigenvalue weighted by Crippen LogP contribution is 2.61. The van der Waals surface area contributed by atoms with E-state index in [-0.39, 0.29) is 0 Å². The number of phosphoric acid groups is 2. The fraction of sp³-hybridized carbons (Fsp3) is 0.733. The molecule has 6 unspecified atom stereocenters. The summed E-state index contributed by atoms with van der Waals surface area (Å²) in [6, 6.07) is 0.985. The van der Waals surface area contributed by atoms with Crippen LogP contribution in [0, 0.1) is 0 Å². The zero-order valence-electron chi connectivity index (χ0n) is 18.1. The molecule has 208 valence electrons. The molecule has 21 heteroatoms. The minimum absolute atomic E-state index is 0.615. The highest BCUT2D eigenvalue weighted by Gasteiger charge is 2.48. The predicted molar refractivity (Wildman–Crippen MR) is 118 cm³/mol. The molecule has 0 radical (unpaired) electrons. The average Bonchev–Trinajstić information content (AvgIpc) is 2.79. The maximum Gasteiger partial charge on any atom is 0.483 e. The summed E-state index contributed by atoms with van der Waals surface area (Å²) in [5.41, 5.74) is -1.58. The molecular formula is C15H26N2O16P2S. The second-order valence-corrected chi connectivity index (χ2v) is 10.9. The highest BCUT2D eigenvalue weighted by atomic mass is 32.1. The molecule has 0 aromatic carbocycles. The number of aliphatic hydroxyl groups excluding tert-OH is 5. The van der Waals surface area contributed by atoms with E-state index in [1.165, 1.54) is 0 Å². The van der Waals surface area contributed by atoms with Crippen LogP contribution in [0.5, 0.6) is 0 Å². The molecule has 1 aliphatic heterocycles. The van der Waals surface area contributed by atoms with Crippen LogP contribution in [-0.2, 0) is 38.7 Å². The zero-order valence-corrected chi connectivity index (χ0v) is 20.8. The molecule has 1 aromatic rings. The number of nitrogens with zero attached hydrogens (tertiary/aromatic N) is 1. The summed E-state index contributed by atoms with van der Waals surface area (Å²) in [5, 5.41) is 47.0. The van der Waals surface area contributed by atoms with Gasteiger partial charge in [-0.1, -0.05) is 0 Å². The molecule has 9 atom stereocenters. The van der Waals surface area contributed by atoms with E-state index < -0.39 is 95.5 Å². The third-order valence-corrected chi connectivity index (χ3v) is 7.87. The summed E-state index contributed by atoms with van der Waals surface area (Å²) in [6.07, 6.45) is -9.26. The van der Waals surface area contributed by atoms with E-state index in [4.69, 9.17) is 14.6 Å². The Kier molecular flexibility index (Phi) is 11.4. The van der Waals surface area contributed by atoms with E-state index in [2.05, 4.69) is 26.0 Å². The van der Waals surface area contributed by atoms with Crippen molar-refractivity contribution in [1.82, 2.24) is 9.55 Å². The molecule has 1 aliphatic rings. The van der Waals surface area contributed by atoms with Crippen molar-refractivity contribution in [3.8, 4) is 0 Å². The van der Waals surface area contributed by atoms with E-state index in [1.807, 2.05) is 4.98 Å². The van der Waals surface area contributed by atoms with E-state index >= 15 is 0 Å². The molecule has 2 rings (SSSR count). The summed E-state index contributed by atoms with van der Waals surface area (Å²) in [6.45, 7) is -3.29. The number of nitrogens with one attached hydrogen (secondary N) is 1. The van der Waals surface area contributed by atoms with Gasteiger partial charge in [-0.25, -0.2) is 13.9 Å². The lowest BCUT2D eigenvalue weighted by Crippen LogP contribution is -2.57. The van der Waals surface area contributed by atoms with Crippen molar-refractivity contribution < 1.29 is 67.3 Å². The minimum atomic E-state index is -5.54. The van der Waals surface area contributed by atoms with Gasteiger partial charge in [0.25, 0.3) is 5.56 Å². The lowest BCUT2D eigenvalue weighted by Gasteiger charge is -2.40. The molecule has 0 saturated carbocycles. The molecular weight excluding hydrogens is 558 g/mol. The molecule has 0 spiro atoms. The van der Waals surface area contributed by atoms with E-state index in [0.717, 1.165) is 16.8 Å². The maximum atomic E-state index is 12.2. The van der Waals surface area contributed by atoms with Crippen molar-refractivity contribution in [2.75, 3.05) is 19.8 Å². The maximum absolute atomic E-state index is 12.2. The molecule has 0 amide bonds. The van der Waals surface area contributed by atoms with Crippen molar-refractivity contribution >= 4 is 28.3 Å². The number of rotatable bonds is 13. The van der Waals surface area contributed by atoms with Crippen LogP contribution in [-0.4, -0.2) is 107 Å². The molecule has 8 N–H and O–H groups in total. The number of hydrogen-bond acceptors (Lipinski definition) is 15. The van der Waals surface area contributed by atoms with Crippen molar-refractivity contribution in [3.05, 3.63) is 33.1 Å². The number of hydrogen-bond donors (Lipinski definition) is 9. The quantitative estimate of drug-likeness (QED) is 0.0794. The van der Waals surface area contributed by atoms with Crippen LogP contribution in [0.25, 0.3) is 0 Å². The van der Waals surface area contributed by atoms with Gasteiger partial charge in [0.1, 0.15) is 25.0 Å². The first-order chi connectivity index (χ1) is 16.7. The normalized spacial score (nSPS) is 29.7. The van der Waals surface area contributed by atoms with Crippen LogP contribution in [0.15, 0.2) is 21.9 Å². The fourth-order valence-electron chi connectivity index (χ4n) is 2.74. The Labute approximate surface area is 207 Å². The Morgan fingerprint density at radius 2 is 1.83 bits per heavy atom. The van der Waals surface area contributed by atoms with Gasteiger partial charge in [-0.15, -0.1) is 0 Å². The second kappa shape index (κ2) is 13.2. The van der Waals surface area contributed by atoms with Crippen molar-refractivity contribution in [2.45, 2.75) is 48.8 Å². The van der Waals surface area contributed by atoms with Gasteiger partial charge in [0.15, 0.2) is 6.29 Å². The topological polar surface area (TPSA) is 277 Å². The molecule has 0 bridgehead atoms. The van der Waals surface area contributed by atoms with Crippen molar-refractivity contribution in [2.24, 2.45) is 0 Å². The first kappa shape index (κ1) is 31.2. The lowest BCUT2D eigenvalue weighted by atomic mass is 10.0. The smallest absolute Gasteiger partial charge is 0.394 e. The summed E-state index contributed by atoms with van der Waals surface area (Å²) in [5.74, 6) is 0. The Bertz CT molecular complexity index is 1070. The first-order valence-electron chi connectivity index (χ1n) is 9.90. The number of ether oxygens (including phenoxy) is 2. The minimum Gasteiger partial charge on any atom is -0.394 e. The Hall–Kier alpha value is -0.990. The molecule has 1 aromatic heterocycles. The van der Waals surface area contributed by atoms with Crippen LogP contribution in [0.2, 0.25) is 0 Å².